The zero-order valence-electron chi connectivity index (χ0n) is 10.1. The van der Waals surface area contributed by atoms with Crippen molar-refractivity contribution in [3.63, 3.8) is 0 Å². The molecule has 3 heteroatoms. The summed E-state index contributed by atoms with van der Waals surface area (Å²) in [6, 6.07) is 0. The molecule has 84 valence electrons. The summed E-state index contributed by atoms with van der Waals surface area (Å²) >= 11 is 0. The standard InChI is InChI=1S/C11H24N2O/c1-9(2)11(3,4)13-7-6-12(5)10(14)8-13/h9-10,14H,6-8H2,1-5H3. The van der Waals surface area contributed by atoms with E-state index in [2.05, 4.69) is 32.6 Å². The van der Waals surface area contributed by atoms with Gasteiger partial charge in [0.05, 0.1) is 0 Å². The van der Waals surface area contributed by atoms with Crippen molar-refractivity contribution in [3.05, 3.63) is 0 Å². The summed E-state index contributed by atoms with van der Waals surface area (Å²) in [7, 11) is 1.98. The number of β-amino-alcohol motifs (C(OH)–C–C–N with tert-alkyl or cyclic N) is 1. The van der Waals surface area contributed by atoms with Crippen LogP contribution >= 0.6 is 0 Å². The van der Waals surface area contributed by atoms with Crippen LogP contribution < -0.4 is 0 Å². The van der Waals surface area contributed by atoms with E-state index in [1.54, 1.807) is 0 Å². The maximum Gasteiger partial charge on any atom is 0.120 e. The zero-order valence-corrected chi connectivity index (χ0v) is 10.1. The summed E-state index contributed by atoms with van der Waals surface area (Å²) in [5, 5.41) is 9.78. The molecule has 0 saturated carbocycles. The first kappa shape index (κ1) is 12.0. The van der Waals surface area contributed by atoms with Crippen LogP contribution in [0, 0.1) is 5.92 Å². The van der Waals surface area contributed by atoms with E-state index < -0.39 is 0 Å². The van der Waals surface area contributed by atoms with Crippen molar-refractivity contribution in [2.75, 3.05) is 26.7 Å². The van der Waals surface area contributed by atoms with Gasteiger partial charge >= 0.3 is 0 Å². The monoisotopic (exact) mass is 200 g/mol. The Morgan fingerprint density at radius 3 is 2.29 bits per heavy atom. The molecule has 1 saturated heterocycles. The van der Waals surface area contributed by atoms with Crippen molar-refractivity contribution in [3.8, 4) is 0 Å². The topological polar surface area (TPSA) is 26.7 Å². The van der Waals surface area contributed by atoms with Gasteiger partial charge in [-0.1, -0.05) is 13.8 Å². The second kappa shape index (κ2) is 4.17. The third-order valence-electron chi connectivity index (χ3n) is 3.84. The highest BCUT2D eigenvalue weighted by atomic mass is 16.3. The number of nitrogens with zero attached hydrogens (tertiary/aromatic N) is 2. The average molecular weight is 200 g/mol. The van der Waals surface area contributed by atoms with Crippen LogP contribution in [0.25, 0.3) is 0 Å². The van der Waals surface area contributed by atoms with Gasteiger partial charge in [-0.2, -0.15) is 0 Å². The fraction of sp³-hybridized carbons (Fsp3) is 1.00. The van der Waals surface area contributed by atoms with Crippen LogP contribution in [0.2, 0.25) is 0 Å². The fourth-order valence-corrected chi connectivity index (χ4v) is 1.74. The van der Waals surface area contributed by atoms with Gasteiger partial charge in [-0.3, -0.25) is 9.80 Å². The highest BCUT2D eigenvalue weighted by Gasteiger charge is 2.34. The van der Waals surface area contributed by atoms with Crippen molar-refractivity contribution in [1.82, 2.24) is 9.80 Å². The van der Waals surface area contributed by atoms with Gasteiger partial charge in [0, 0.05) is 25.2 Å². The largest absolute Gasteiger partial charge is 0.377 e. The van der Waals surface area contributed by atoms with E-state index in [4.69, 9.17) is 0 Å². The Bertz CT molecular complexity index is 192. The minimum atomic E-state index is -0.304. The van der Waals surface area contributed by atoms with Crippen LogP contribution in [0.15, 0.2) is 0 Å². The van der Waals surface area contributed by atoms with Crippen LogP contribution in [0.4, 0.5) is 0 Å². The Morgan fingerprint density at radius 2 is 1.86 bits per heavy atom. The molecule has 1 aliphatic heterocycles. The van der Waals surface area contributed by atoms with Crippen molar-refractivity contribution < 1.29 is 5.11 Å². The van der Waals surface area contributed by atoms with Gasteiger partial charge in [0.15, 0.2) is 0 Å². The lowest BCUT2D eigenvalue weighted by atomic mass is 9.88. The van der Waals surface area contributed by atoms with Gasteiger partial charge in [0.1, 0.15) is 6.23 Å². The molecular formula is C11H24N2O. The number of rotatable bonds is 2. The quantitative estimate of drug-likeness (QED) is 0.720. The molecule has 1 aliphatic rings. The molecule has 1 rings (SSSR count). The molecule has 0 amide bonds. The third-order valence-corrected chi connectivity index (χ3v) is 3.84. The van der Waals surface area contributed by atoms with Crippen LogP contribution in [-0.2, 0) is 0 Å². The summed E-state index contributed by atoms with van der Waals surface area (Å²) in [6.45, 7) is 11.8. The molecule has 0 radical (unpaired) electrons. The Balaban J connectivity index is 2.62. The molecule has 0 bridgehead atoms. The minimum Gasteiger partial charge on any atom is -0.377 e. The van der Waals surface area contributed by atoms with Crippen molar-refractivity contribution in [2.45, 2.75) is 39.5 Å². The summed E-state index contributed by atoms with van der Waals surface area (Å²) in [5.41, 5.74) is 0.183. The number of piperazine rings is 1. The van der Waals surface area contributed by atoms with E-state index in [1.807, 2.05) is 11.9 Å². The maximum absolute atomic E-state index is 9.78. The number of likely N-dealkylation sites (N-methyl/N-ethyl adjacent to an activating group) is 1. The van der Waals surface area contributed by atoms with Gasteiger partial charge in [-0.15, -0.1) is 0 Å². The van der Waals surface area contributed by atoms with Crippen molar-refractivity contribution in [2.24, 2.45) is 5.92 Å². The van der Waals surface area contributed by atoms with Crippen LogP contribution in [0.3, 0.4) is 0 Å². The van der Waals surface area contributed by atoms with Crippen LogP contribution in [-0.4, -0.2) is 53.4 Å². The highest BCUT2D eigenvalue weighted by Crippen LogP contribution is 2.25. The Hall–Kier alpha value is -0.120. The third kappa shape index (κ3) is 2.27. The lowest BCUT2D eigenvalue weighted by Crippen LogP contribution is -2.59. The van der Waals surface area contributed by atoms with E-state index in [1.165, 1.54) is 0 Å². The molecule has 1 atom stereocenters. The fourth-order valence-electron chi connectivity index (χ4n) is 1.74. The van der Waals surface area contributed by atoms with E-state index in [0.717, 1.165) is 19.6 Å². The maximum atomic E-state index is 9.78. The molecule has 0 aromatic rings. The van der Waals surface area contributed by atoms with Gasteiger partial charge < -0.3 is 5.11 Å². The van der Waals surface area contributed by atoms with E-state index >= 15 is 0 Å². The molecule has 0 aliphatic carbocycles. The molecule has 0 aromatic carbocycles. The molecule has 3 nitrogen and oxygen atoms in total. The van der Waals surface area contributed by atoms with E-state index in [-0.39, 0.29) is 11.8 Å². The van der Waals surface area contributed by atoms with Gasteiger partial charge in [-0.05, 0) is 26.8 Å². The van der Waals surface area contributed by atoms with E-state index in [0.29, 0.717) is 5.92 Å². The predicted molar refractivity (Wildman–Crippen MR) is 59.1 cm³/mol. The molecule has 14 heavy (non-hydrogen) atoms. The minimum absolute atomic E-state index is 0.183. The summed E-state index contributed by atoms with van der Waals surface area (Å²) in [5.74, 6) is 0.609. The Labute approximate surface area is 87.7 Å². The second-order valence-electron chi connectivity index (χ2n) is 5.22. The summed E-state index contributed by atoms with van der Waals surface area (Å²) in [6.07, 6.45) is -0.304. The number of aliphatic hydroxyl groups is 1. The second-order valence-corrected chi connectivity index (χ2v) is 5.22. The van der Waals surface area contributed by atoms with Gasteiger partial charge in [0.25, 0.3) is 0 Å². The molecule has 1 fully saturated rings. The lowest BCUT2D eigenvalue weighted by Gasteiger charge is -2.47. The van der Waals surface area contributed by atoms with E-state index in [9.17, 15) is 5.11 Å². The number of aliphatic hydroxyl groups excluding tert-OH is 1. The Kier molecular flexibility index (Phi) is 3.56. The molecule has 1 unspecified atom stereocenters. The molecule has 0 aromatic heterocycles. The molecular weight excluding hydrogens is 176 g/mol. The van der Waals surface area contributed by atoms with Crippen molar-refractivity contribution in [1.29, 1.82) is 0 Å². The first-order valence-corrected chi connectivity index (χ1v) is 5.49. The smallest absolute Gasteiger partial charge is 0.120 e. The zero-order chi connectivity index (χ0) is 10.9. The van der Waals surface area contributed by atoms with Crippen molar-refractivity contribution >= 4 is 0 Å². The average Bonchev–Trinajstić information content (AvgIpc) is 2.09. The van der Waals surface area contributed by atoms with Crippen LogP contribution in [0.5, 0.6) is 0 Å². The summed E-state index contributed by atoms with van der Waals surface area (Å²) in [4.78, 5) is 4.40. The normalized spacial score (nSPS) is 27.2. The SMILES string of the molecule is CC(C)C(C)(C)N1CCN(C)C(O)C1. The van der Waals surface area contributed by atoms with Crippen LogP contribution in [0.1, 0.15) is 27.7 Å². The first-order valence-electron chi connectivity index (χ1n) is 5.49. The number of hydrogen-bond acceptors (Lipinski definition) is 3. The molecule has 0 spiro atoms. The summed E-state index contributed by atoms with van der Waals surface area (Å²) < 4.78 is 0. The lowest BCUT2D eigenvalue weighted by molar-refractivity contribution is -0.0786. The van der Waals surface area contributed by atoms with Gasteiger partial charge in [-0.25, -0.2) is 0 Å². The molecule has 1 heterocycles. The first-order chi connectivity index (χ1) is 6.35. The Morgan fingerprint density at radius 1 is 1.29 bits per heavy atom. The van der Waals surface area contributed by atoms with Gasteiger partial charge in [0.2, 0.25) is 0 Å². The highest BCUT2D eigenvalue weighted by molar-refractivity contribution is 4.88. The number of hydrogen-bond donors (Lipinski definition) is 1. The molecule has 1 N–H and O–H groups in total. The predicted octanol–water partition coefficient (Wildman–Crippen LogP) is 0.987.